The first-order valence-corrected chi connectivity index (χ1v) is 19.3. The van der Waals surface area contributed by atoms with Gasteiger partial charge in [0.1, 0.15) is 0 Å². The minimum atomic E-state index is -0.436. The maximum Gasteiger partial charge on any atom is 0.0713 e. The zero-order chi connectivity index (χ0) is 37.3. The molecule has 0 spiro atoms. The Morgan fingerprint density at radius 1 is 0.268 bits per heavy atom. The summed E-state index contributed by atoms with van der Waals surface area (Å²) in [5, 5.41) is 0. The maximum absolute atomic E-state index is 2.38. The highest BCUT2D eigenvalue weighted by Gasteiger charge is 2.46. The van der Waals surface area contributed by atoms with Gasteiger partial charge in [-0.1, -0.05) is 194 Å². The molecule has 0 heterocycles. The standard InChI is InChI=1S/C55H39N/c1-6-19-40(20-7-1)43-37-44(41-21-8-2-9-22-41)39-49(38-43)56(47-27-14-5-15-28-47)48-35-33-42(34-36-48)50-30-18-32-53-54(50)51-29-16-17-31-52(51)55(53,45-23-10-3-11-24-45)46-25-12-4-13-26-46/h1-39H. The van der Waals surface area contributed by atoms with E-state index in [9.17, 15) is 0 Å². The average Bonchev–Trinajstić information content (AvgIpc) is 3.60. The van der Waals surface area contributed by atoms with E-state index < -0.39 is 5.41 Å². The van der Waals surface area contributed by atoms with Gasteiger partial charge < -0.3 is 4.90 Å². The van der Waals surface area contributed by atoms with E-state index in [0.717, 1.165) is 17.1 Å². The number of hydrogen-bond acceptors (Lipinski definition) is 1. The van der Waals surface area contributed by atoms with Crippen LogP contribution in [0.15, 0.2) is 237 Å². The van der Waals surface area contributed by atoms with Crippen LogP contribution < -0.4 is 4.90 Å². The molecule has 264 valence electrons. The Kier molecular flexibility index (Phi) is 8.46. The molecule has 0 aromatic heterocycles. The van der Waals surface area contributed by atoms with Crippen LogP contribution in [0.25, 0.3) is 44.5 Å². The largest absolute Gasteiger partial charge is 0.310 e. The third-order valence-electron chi connectivity index (χ3n) is 11.3. The van der Waals surface area contributed by atoms with Crippen molar-refractivity contribution in [3.05, 3.63) is 259 Å². The van der Waals surface area contributed by atoms with Crippen molar-refractivity contribution in [3.63, 3.8) is 0 Å². The molecular formula is C55H39N. The number of rotatable bonds is 8. The molecule has 9 aromatic rings. The molecule has 1 heteroatoms. The van der Waals surface area contributed by atoms with Gasteiger partial charge in [0, 0.05) is 17.1 Å². The molecule has 0 saturated carbocycles. The molecule has 0 radical (unpaired) electrons. The van der Waals surface area contributed by atoms with Crippen LogP contribution in [0.2, 0.25) is 0 Å². The lowest BCUT2D eigenvalue weighted by molar-refractivity contribution is 0.768. The van der Waals surface area contributed by atoms with Gasteiger partial charge >= 0.3 is 0 Å². The van der Waals surface area contributed by atoms with Crippen LogP contribution in [0, 0.1) is 0 Å². The molecule has 1 nitrogen and oxygen atoms in total. The topological polar surface area (TPSA) is 3.24 Å². The second-order valence-electron chi connectivity index (χ2n) is 14.5. The van der Waals surface area contributed by atoms with Gasteiger partial charge in [0.25, 0.3) is 0 Å². The Balaban J connectivity index is 1.14. The van der Waals surface area contributed by atoms with Crippen molar-refractivity contribution in [1.29, 1.82) is 0 Å². The van der Waals surface area contributed by atoms with Crippen LogP contribution in [-0.2, 0) is 5.41 Å². The first-order valence-electron chi connectivity index (χ1n) is 19.3. The molecule has 9 aromatic carbocycles. The third-order valence-corrected chi connectivity index (χ3v) is 11.3. The van der Waals surface area contributed by atoms with Gasteiger partial charge in [0.05, 0.1) is 5.41 Å². The first-order chi connectivity index (χ1) is 27.8. The molecule has 0 unspecified atom stereocenters. The van der Waals surface area contributed by atoms with Crippen LogP contribution in [0.1, 0.15) is 22.3 Å². The lowest BCUT2D eigenvalue weighted by Crippen LogP contribution is -2.28. The van der Waals surface area contributed by atoms with Crippen LogP contribution in [0.3, 0.4) is 0 Å². The summed E-state index contributed by atoms with van der Waals surface area (Å²) in [4.78, 5) is 2.38. The van der Waals surface area contributed by atoms with E-state index in [1.807, 2.05) is 0 Å². The van der Waals surface area contributed by atoms with Crippen LogP contribution >= 0.6 is 0 Å². The van der Waals surface area contributed by atoms with Crippen molar-refractivity contribution < 1.29 is 0 Å². The lowest BCUT2D eigenvalue weighted by atomic mass is 9.67. The van der Waals surface area contributed by atoms with Crippen molar-refractivity contribution in [2.75, 3.05) is 4.90 Å². The van der Waals surface area contributed by atoms with Crippen molar-refractivity contribution >= 4 is 17.1 Å². The van der Waals surface area contributed by atoms with Crippen molar-refractivity contribution in [1.82, 2.24) is 0 Å². The quantitative estimate of drug-likeness (QED) is 0.152. The molecule has 56 heavy (non-hydrogen) atoms. The molecule has 1 aliphatic carbocycles. The molecule has 0 aliphatic heterocycles. The highest BCUT2D eigenvalue weighted by molar-refractivity contribution is 5.96. The molecular weight excluding hydrogens is 675 g/mol. The van der Waals surface area contributed by atoms with Gasteiger partial charge in [-0.3, -0.25) is 0 Å². The summed E-state index contributed by atoms with van der Waals surface area (Å²) in [7, 11) is 0. The van der Waals surface area contributed by atoms with Crippen LogP contribution in [0.5, 0.6) is 0 Å². The molecule has 0 saturated heterocycles. The second kappa shape index (κ2) is 14.2. The molecule has 0 fully saturated rings. The monoisotopic (exact) mass is 713 g/mol. The number of benzene rings is 9. The lowest BCUT2D eigenvalue weighted by Gasteiger charge is -2.34. The number of fused-ring (bicyclic) bond motifs is 3. The highest BCUT2D eigenvalue weighted by atomic mass is 15.1. The smallest absolute Gasteiger partial charge is 0.0713 e. The fourth-order valence-electron chi connectivity index (χ4n) is 8.88. The Morgan fingerprint density at radius 3 is 1.29 bits per heavy atom. The zero-order valence-electron chi connectivity index (χ0n) is 31.0. The van der Waals surface area contributed by atoms with Gasteiger partial charge in [-0.25, -0.2) is 0 Å². The number of para-hydroxylation sites is 1. The molecule has 0 N–H and O–H groups in total. The van der Waals surface area contributed by atoms with Crippen LogP contribution in [-0.4, -0.2) is 0 Å². The van der Waals surface area contributed by atoms with Crippen molar-refractivity contribution in [2.45, 2.75) is 5.41 Å². The Hall–Kier alpha value is -7.22. The summed E-state index contributed by atoms with van der Waals surface area (Å²) in [6, 6.07) is 86.1. The summed E-state index contributed by atoms with van der Waals surface area (Å²) in [5.41, 5.74) is 17.8. The summed E-state index contributed by atoms with van der Waals surface area (Å²) in [6.45, 7) is 0. The molecule has 0 amide bonds. The highest BCUT2D eigenvalue weighted by Crippen LogP contribution is 2.58. The van der Waals surface area contributed by atoms with E-state index in [0.29, 0.717) is 0 Å². The summed E-state index contributed by atoms with van der Waals surface area (Å²) < 4.78 is 0. The van der Waals surface area contributed by atoms with E-state index in [1.54, 1.807) is 0 Å². The average molecular weight is 714 g/mol. The van der Waals surface area contributed by atoms with Crippen molar-refractivity contribution in [2.24, 2.45) is 0 Å². The van der Waals surface area contributed by atoms with Gasteiger partial charge in [-0.15, -0.1) is 0 Å². The van der Waals surface area contributed by atoms with E-state index in [1.165, 1.54) is 66.8 Å². The maximum atomic E-state index is 2.38. The minimum Gasteiger partial charge on any atom is -0.310 e. The fraction of sp³-hybridized carbons (Fsp3) is 0.0182. The Labute approximate surface area is 329 Å². The minimum absolute atomic E-state index is 0.436. The predicted octanol–water partition coefficient (Wildman–Crippen LogP) is 14.5. The predicted molar refractivity (Wildman–Crippen MR) is 235 cm³/mol. The SMILES string of the molecule is c1ccc(-c2cc(-c3ccccc3)cc(N(c3ccccc3)c3ccc(-c4cccc5c4-c4ccccc4C5(c4ccccc4)c4ccccc4)cc3)c2)cc1. The van der Waals surface area contributed by atoms with Gasteiger partial charge in [-0.2, -0.15) is 0 Å². The molecule has 10 rings (SSSR count). The van der Waals surface area contributed by atoms with Gasteiger partial charge in [0.15, 0.2) is 0 Å². The second-order valence-corrected chi connectivity index (χ2v) is 14.5. The Bertz CT molecular complexity index is 2660. The normalized spacial score (nSPS) is 12.4. The molecule has 0 atom stereocenters. The Morgan fingerprint density at radius 2 is 0.714 bits per heavy atom. The van der Waals surface area contributed by atoms with E-state index in [4.69, 9.17) is 0 Å². The van der Waals surface area contributed by atoms with E-state index >= 15 is 0 Å². The molecule has 1 aliphatic rings. The van der Waals surface area contributed by atoms with Gasteiger partial charge in [0.2, 0.25) is 0 Å². The summed E-state index contributed by atoms with van der Waals surface area (Å²) in [5.74, 6) is 0. The summed E-state index contributed by atoms with van der Waals surface area (Å²) >= 11 is 0. The van der Waals surface area contributed by atoms with Gasteiger partial charge in [-0.05, 0) is 109 Å². The third kappa shape index (κ3) is 5.65. The van der Waals surface area contributed by atoms with E-state index in [-0.39, 0.29) is 0 Å². The van der Waals surface area contributed by atoms with Crippen molar-refractivity contribution in [3.8, 4) is 44.5 Å². The number of nitrogens with zero attached hydrogens (tertiary/aromatic N) is 1. The number of hydrogen-bond donors (Lipinski definition) is 0. The van der Waals surface area contributed by atoms with Crippen LogP contribution in [0.4, 0.5) is 17.1 Å². The number of anilines is 3. The summed E-state index contributed by atoms with van der Waals surface area (Å²) in [6.07, 6.45) is 0. The zero-order valence-corrected chi connectivity index (χ0v) is 31.0. The first kappa shape index (κ1) is 33.4. The molecule has 0 bridgehead atoms. The van der Waals surface area contributed by atoms with E-state index in [2.05, 4.69) is 241 Å². The fourth-order valence-corrected chi connectivity index (χ4v) is 8.88.